The third kappa shape index (κ3) is 6.58. The maximum atomic E-state index is 12.0. The van der Waals surface area contributed by atoms with Crippen LogP contribution in [-0.2, 0) is 14.4 Å². The van der Waals surface area contributed by atoms with Crippen LogP contribution in [0.25, 0.3) is 0 Å². The largest absolute Gasteiger partial charge is 0.346 e. The molecule has 5 heteroatoms. The van der Waals surface area contributed by atoms with E-state index in [-0.39, 0.29) is 24.2 Å². The molecule has 1 aliphatic heterocycles. The number of unbranched alkanes of at least 4 members (excludes halogenated alkanes) is 2. The van der Waals surface area contributed by atoms with E-state index >= 15 is 0 Å². The fourth-order valence-corrected chi connectivity index (χ4v) is 2.73. The predicted octanol–water partition coefficient (Wildman–Crippen LogP) is 2.10. The van der Waals surface area contributed by atoms with Gasteiger partial charge in [-0.05, 0) is 25.2 Å². The van der Waals surface area contributed by atoms with E-state index in [4.69, 9.17) is 0 Å². The van der Waals surface area contributed by atoms with E-state index in [2.05, 4.69) is 6.92 Å². The first-order valence-electron chi connectivity index (χ1n) is 8.41. The molecule has 5 nitrogen and oxygen atoms in total. The molecule has 2 amide bonds. The summed E-state index contributed by atoms with van der Waals surface area (Å²) < 4.78 is 0. The molecule has 0 aromatic rings. The highest BCUT2D eigenvalue weighted by Gasteiger charge is 2.22. The van der Waals surface area contributed by atoms with Crippen molar-refractivity contribution in [1.82, 2.24) is 9.80 Å². The van der Waals surface area contributed by atoms with Gasteiger partial charge in [0.1, 0.15) is 6.29 Å². The van der Waals surface area contributed by atoms with E-state index in [1.165, 1.54) is 0 Å². The molecule has 0 aromatic carbocycles. The monoisotopic (exact) mass is 310 g/mol. The zero-order chi connectivity index (χ0) is 16.5. The molecule has 0 spiro atoms. The Bertz CT molecular complexity index is 384. The lowest BCUT2D eigenvalue weighted by Crippen LogP contribution is -2.29. The summed E-state index contributed by atoms with van der Waals surface area (Å²) in [5, 5.41) is 0. The molecule has 1 rings (SSSR count). The summed E-state index contributed by atoms with van der Waals surface area (Å²) >= 11 is 0. The van der Waals surface area contributed by atoms with Gasteiger partial charge in [-0.2, -0.15) is 0 Å². The molecule has 0 N–H and O–H groups in total. The van der Waals surface area contributed by atoms with Gasteiger partial charge in [-0.15, -0.1) is 0 Å². The zero-order valence-corrected chi connectivity index (χ0v) is 14.2. The second kappa shape index (κ2) is 9.59. The third-order valence-corrected chi connectivity index (χ3v) is 4.32. The molecule has 22 heavy (non-hydrogen) atoms. The van der Waals surface area contributed by atoms with Gasteiger partial charge < -0.3 is 14.6 Å². The van der Waals surface area contributed by atoms with Crippen molar-refractivity contribution in [3.8, 4) is 0 Å². The summed E-state index contributed by atoms with van der Waals surface area (Å²) in [5.74, 6) is 0.711. The van der Waals surface area contributed by atoms with Gasteiger partial charge in [0.25, 0.3) is 0 Å². The van der Waals surface area contributed by atoms with Crippen molar-refractivity contribution < 1.29 is 14.4 Å². The molecule has 0 aliphatic carbocycles. The van der Waals surface area contributed by atoms with Crippen LogP contribution in [0, 0.1) is 11.8 Å². The summed E-state index contributed by atoms with van der Waals surface area (Å²) in [6, 6.07) is 0. The summed E-state index contributed by atoms with van der Waals surface area (Å²) in [7, 11) is 1.77. The summed E-state index contributed by atoms with van der Waals surface area (Å²) in [5.41, 5.74) is 0. The van der Waals surface area contributed by atoms with Crippen LogP contribution in [0.15, 0.2) is 0 Å². The number of rotatable bonds is 9. The highest BCUT2D eigenvalue weighted by molar-refractivity contribution is 5.78. The Morgan fingerprint density at radius 1 is 1.32 bits per heavy atom. The zero-order valence-electron chi connectivity index (χ0n) is 14.2. The minimum Gasteiger partial charge on any atom is -0.346 e. The predicted molar refractivity (Wildman–Crippen MR) is 86.3 cm³/mol. The molecule has 1 heterocycles. The SMILES string of the molecule is CC(C=O)CC(=O)N(C)CCCCCC(=O)N1CCC(C)C1. The molecular formula is C17H30N2O3. The molecule has 126 valence electrons. The number of aldehydes is 1. The Hall–Kier alpha value is -1.39. The van der Waals surface area contributed by atoms with Crippen LogP contribution >= 0.6 is 0 Å². The first kappa shape index (κ1) is 18.7. The summed E-state index contributed by atoms with van der Waals surface area (Å²) in [6.45, 7) is 6.45. The van der Waals surface area contributed by atoms with Crippen LogP contribution < -0.4 is 0 Å². The highest BCUT2D eigenvalue weighted by Crippen LogP contribution is 2.16. The van der Waals surface area contributed by atoms with E-state index in [0.717, 1.165) is 45.1 Å². The number of likely N-dealkylation sites (tertiary alicyclic amines) is 1. The van der Waals surface area contributed by atoms with Gasteiger partial charge >= 0.3 is 0 Å². The van der Waals surface area contributed by atoms with E-state index in [0.29, 0.717) is 18.9 Å². The van der Waals surface area contributed by atoms with Crippen molar-refractivity contribution in [3.05, 3.63) is 0 Å². The normalized spacial score (nSPS) is 19.0. The van der Waals surface area contributed by atoms with Crippen LogP contribution in [0.4, 0.5) is 0 Å². The van der Waals surface area contributed by atoms with Crippen molar-refractivity contribution in [2.45, 2.75) is 52.4 Å². The van der Waals surface area contributed by atoms with E-state index in [1.54, 1.807) is 18.9 Å². The highest BCUT2D eigenvalue weighted by atomic mass is 16.2. The second-order valence-electron chi connectivity index (χ2n) is 6.68. The van der Waals surface area contributed by atoms with Gasteiger partial charge in [0.2, 0.25) is 11.8 Å². The van der Waals surface area contributed by atoms with Crippen molar-refractivity contribution in [3.63, 3.8) is 0 Å². The van der Waals surface area contributed by atoms with Gasteiger partial charge in [0, 0.05) is 45.4 Å². The Morgan fingerprint density at radius 3 is 2.64 bits per heavy atom. The molecule has 1 aliphatic rings. The van der Waals surface area contributed by atoms with Crippen LogP contribution in [0.2, 0.25) is 0 Å². The lowest BCUT2D eigenvalue weighted by molar-refractivity contribution is -0.132. The maximum Gasteiger partial charge on any atom is 0.223 e. The summed E-state index contributed by atoms with van der Waals surface area (Å²) in [4.78, 5) is 38.0. The van der Waals surface area contributed by atoms with Crippen molar-refractivity contribution >= 4 is 18.1 Å². The molecule has 0 aromatic heterocycles. The molecule has 2 atom stereocenters. The Kier molecular flexibility index (Phi) is 8.13. The number of carbonyl (C=O) groups is 3. The molecule has 2 unspecified atom stereocenters. The minimum absolute atomic E-state index is 0.0155. The van der Waals surface area contributed by atoms with Crippen LogP contribution in [-0.4, -0.2) is 54.6 Å². The first-order chi connectivity index (χ1) is 10.4. The quantitative estimate of drug-likeness (QED) is 0.484. The van der Waals surface area contributed by atoms with Gasteiger partial charge in [-0.25, -0.2) is 0 Å². The van der Waals surface area contributed by atoms with Crippen molar-refractivity contribution in [2.24, 2.45) is 11.8 Å². The summed E-state index contributed by atoms with van der Waals surface area (Å²) in [6.07, 6.45) is 5.58. The molecule has 0 radical (unpaired) electrons. The van der Waals surface area contributed by atoms with Crippen LogP contribution in [0.1, 0.15) is 52.4 Å². The molecule has 1 fully saturated rings. The maximum absolute atomic E-state index is 12.0. The van der Waals surface area contributed by atoms with E-state index < -0.39 is 0 Å². The average molecular weight is 310 g/mol. The Labute approximate surface area is 134 Å². The fraction of sp³-hybridized carbons (Fsp3) is 0.824. The molecule has 1 saturated heterocycles. The molecular weight excluding hydrogens is 280 g/mol. The second-order valence-corrected chi connectivity index (χ2v) is 6.68. The number of carbonyl (C=O) groups excluding carboxylic acids is 3. The van der Waals surface area contributed by atoms with Crippen molar-refractivity contribution in [1.29, 1.82) is 0 Å². The van der Waals surface area contributed by atoms with Gasteiger partial charge in [0.15, 0.2) is 0 Å². The number of hydrogen-bond acceptors (Lipinski definition) is 3. The Balaban J connectivity index is 2.08. The number of hydrogen-bond donors (Lipinski definition) is 0. The van der Waals surface area contributed by atoms with Gasteiger partial charge in [0.05, 0.1) is 0 Å². The van der Waals surface area contributed by atoms with Gasteiger partial charge in [-0.1, -0.05) is 20.3 Å². The van der Waals surface area contributed by atoms with Crippen LogP contribution in [0.3, 0.4) is 0 Å². The van der Waals surface area contributed by atoms with Crippen molar-refractivity contribution in [2.75, 3.05) is 26.7 Å². The minimum atomic E-state index is -0.213. The lowest BCUT2D eigenvalue weighted by atomic mass is 10.1. The molecule has 0 saturated carbocycles. The lowest BCUT2D eigenvalue weighted by Gasteiger charge is -2.18. The number of nitrogens with zero attached hydrogens (tertiary/aromatic N) is 2. The van der Waals surface area contributed by atoms with E-state index in [1.807, 2.05) is 4.90 Å². The topological polar surface area (TPSA) is 57.7 Å². The van der Waals surface area contributed by atoms with E-state index in [9.17, 15) is 14.4 Å². The average Bonchev–Trinajstić information content (AvgIpc) is 2.92. The smallest absolute Gasteiger partial charge is 0.223 e. The van der Waals surface area contributed by atoms with Crippen LogP contribution in [0.5, 0.6) is 0 Å². The van der Waals surface area contributed by atoms with Gasteiger partial charge in [-0.3, -0.25) is 9.59 Å². The third-order valence-electron chi connectivity index (χ3n) is 4.32. The fourth-order valence-electron chi connectivity index (χ4n) is 2.73. The standard InChI is InChI=1S/C17H30N2O3/c1-14-8-10-19(12-14)16(21)7-5-4-6-9-18(3)17(22)11-15(2)13-20/h13-15H,4-12H2,1-3H3. The molecule has 0 bridgehead atoms. The number of amides is 2. The Morgan fingerprint density at radius 2 is 2.05 bits per heavy atom. The first-order valence-corrected chi connectivity index (χ1v) is 8.41.